The van der Waals surface area contributed by atoms with Crippen LogP contribution in [0.3, 0.4) is 0 Å². The zero-order valence-corrected chi connectivity index (χ0v) is 11.2. The predicted molar refractivity (Wildman–Crippen MR) is 74.4 cm³/mol. The zero-order valence-electron chi connectivity index (χ0n) is 11.2. The van der Waals surface area contributed by atoms with Crippen LogP contribution in [0.25, 0.3) is 0 Å². The van der Waals surface area contributed by atoms with E-state index in [0.717, 1.165) is 22.3 Å². The fraction of sp³-hybridized carbons (Fsp3) is 0.235. The average molecular weight is 253 g/mol. The molecule has 0 amide bonds. The first-order valence-electron chi connectivity index (χ1n) is 6.31. The summed E-state index contributed by atoms with van der Waals surface area (Å²) in [6, 6.07) is 14.9. The first-order valence-corrected chi connectivity index (χ1v) is 6.31. The first kappa shape index (κ1) is 13.3. The summed E-state index contributed by atoms with van der Waals surface area (Å²) >= 11 is 0. The molecule has 1 atom stereocenters. The number of hydrogen-bond donors (Lipinski definition) is 0. The van der Waals surface area contributed by atoms with Gasteiger partial charge in [-0.05, 0) is 49.1 Å². The largest absolute Gasteiger partial charge is 0.207 e. The monoisotopic (exact) mass is 253 g/mol. The summed E-state index contributed by atoms with van der Waals surface area (Å²) in [5.74, 6) is -0.436. The summed E-state index contributed by atoms with van der Waals surface area (Å²) in [7, 11) is 0. The van der Waals surface area contributed by atoms with E-state index < -0.39 is 0 Å². The summed E-state index contributed by atoms with van der Waals surface area (Å²) in [5.41, 5.74) is 4.32. The average Bonchev–Trinajstić information content (AvgIpc) is 2.41. The van der Waals surface area contributed by atoms with E-state index in [1.54, 1.807) is 12.1 Å². The van der Waals surface area contributed by atoms with Gasteiger partial charge in [0.1, 0.15) is 5.82 Å². The summed E-state index contributed by atoms with van der Waals surface area (Å²) < 4.78 is 12.9. The van der Waals surface area contributed by atoms with E-state index in [0.29, 0.717) is 6.42 Å². The molecule has 0 spiro atoms. The van der Waals surface area contributed by atoms with E-state index in [4.69, 9.17) is 0 Å². The van der Waals surface area contributed by atoms with Crippen molar-refractivity contribution in [3.05, 3.63) is 70.5 Å². The lowest BCUT2D eigenvalue weighted by Gasteiger charge is -2.13. The van der Waals surface area contributed by atoms with Crippen molar-refractivity contribution < 1.29 is 4.39 Å². The third-order valence-electron chi connectivity index (χ3n) is 3.32. The van der Waals surface area contributed by atoms with Crippen molar-refractivity contribution in [3.63, 3.8) is 0 Å². The number of halogens is 1. The van der Waals surface area contributed by atoms with Crippen molar-refractivity contribution in [2.24, 2.45) is 0 Å². The van der Waals surface area contributed by atoms with Gasteiger partial charge in [-0.2, -0.15) is 5.26 Å². The van der Waals surface area contributed by atoms with E-state index in [1.165, 1.54) is 12.1 Å². The smallest absolute Gasteiger partial charge is 0.123 e. The minimum atomic E-state index is -0.246. The Kier molecular flexibility index (Phi) is 3.97. The molecule has 0 bridgehead atoms. The molecule has 0 N–H and O–H groups in total. The number of nitriles is 1. The summed E-state index contributed by atoms with van der Waals surface area (Å²) in [6.07, 6.45) is 0.612. The fourth-order valence-corrected chi connectivity index (χ4v) is 2.22. The topological polar surface area (TPSA) is 23.8 Å². The number of benzene rings is 2. The highest BCUT2D eigenvalue weighted by Gasteiger charge is 2.14. The maximum atomic E-state index is 12.9. The number of rotatable bonds is 3. The molecule has 2 aromatic rings. The van der Waals surface area contributed by atoms with Crippen molar-refractivity contribution in [2.75, 3.05) is 0 Å². The second-order valence-corrected chi connectivity index (χ2v) is 4.87. The first-order chi connectivity index (χ1) is 9.10. The fourth-order valence-electron chi connectivity index (χ4n) is 2.22. The van der Waals surface area contributed by atoms with E-state index in [2.05, 4.69) is 12.1 Å². The molecule has 2 heteroatoms. The summed E-state index contributed by atoms with van der Waals surface area (Å²) in [5, 5.41) is 9.39. The Morgan fingerprint density at radius 2 is 1.79 bits per heavy atom. The molecule has 19 heavy (non-hydrogen) atoms. The van der Waals surface area contributed by atoms with Crippen LogP contribution in [-0.2, 0) is 6.42 Å². The van der Waals surface area contributed by atoms with Gasteiger partial charge in [0.05, 0.1) is 12.0 Å². The van der Waals surface area contributed by atoms with Gasteiger partial charge in [-0.3, -0.25) is 0 Å². The van der Waals surface area contributed by atoms with Gasteiger partial charge in [0.25, 0.3) is 0 Å². The van der Waals surface area contributed by atoms with Crippen molar-refractivity contribution in [3.8, 4) is 6.07 Å². The number of aryl methyl sites for hydroxylation is 2. The minimum absolute atomic E-state index is 0.189. The lowest BCUT2D eigenvalue weighted by atomic mass is 9.89. The van der Waals surface area contributed by atoms with Gasteiger partial charge < -0.3 is 0 Å². The van der Waals surface area contributed by atoms with E-state index >= 15 is 0 Å². The highest BCUT2D eigenvalue weighted by atomic mass is 19.1. The molecule has 2 rings (SSSR count). The molecule has 0 aliphatic carbocycles. The molecule has 2 aromatic carbocycles. The van der Waals surface area contributed by atoms with Gasteiger partial charge in [-0.25, -0.2) is 4.39 Å². The molecule has 0 fully saturated rings. The standard InChI is InChI=1S/C17H16FN/c1-12-3-4-13(2)17(9-12)15(11-19)10-14-5-7-16(18)8-6-14/h3-9,15H,10H2,1-2H3. The van der Waals surface area contributed by atoms with Gasteiger partial charge in [0, 0.05) is 0 Å². The maximum Gasteiger partial charge on any atom is 0.123 e. The molecular weight excluding hydrogens is 237 g/mol. The van der Waals surface area contributed by atoms with Crippen LogP contribution >= 0.6 is 0 Å². The maximum absolute atomic E-state index is 12.9. The lowest BCUT2D eigenvalue weighted by molar-refractivity contribution is 0.626. The van der Waals surface area contributed by atoms with Gasteiger partial charge >= 0.3 is 0 Å². The predicted octanol–water partition coefficient (Wildman–Crippen LogP) is 4.29. The second kappa shape index (κ2) is 5.67. The Labute approximate surface area is 113 Å². The van der Waals surface area contributed by atoms with Crippen LogP contribution in [0, 0.1) is 31.0 Å². The van der Waals surface area contributed by atoms with Crippen molar-refractivity contribution >= 4 is 0 Å². The molecule has 0 aliphatic heterocycles. The lowest BCUT2D eigenvalue weighted by Crippen LogP contribution is -2.03. The third kappa shape index (κ3) is 3.20. The molecule has 0 aromatic heterocycles. The number of nitrogens with zero attached hydrogens (tertiary/aromatic N) is 1. The molecular formula is C17H16FN. The van der Waals surface area contributed by atoms with Crippen LogP contribution in [0.1, 0.15) is 28.2 Å². The highest BCUT2D eigenvalue weighted by Crippen LogP contribution is 2.24. The quantitative estimate of drug-likeness (QED) is 0.800. The van der Waals surface area contributed by atoms with Crippen LogP contribution in [0.4, 0.5) is 4.39 Å². The van der Waals surface area contributed by atoms with Gasteiger partial charge in [0.15, 0.2) is 0 Å². The van der Waals surface area contributed by atoms with Crippen molar-refractivity contribution in [1.82, 2.24) is 0 Å². The number of hydrogen-bond acceptors (Lipinski definition) is 1. The van der Waals surface area contributed by atoms with E-state index in [-0.39, 0.29) is 11.7 Å². The Morgan fingerprint density at radius 3 is 2.42 bits per heavy atom. The molecule has 0 saturated carbocycles. The van der Waals surface area contributed by atoms with Gasteiger partial charge in [-0.1, -0.05) is 35.9 Å². The van der Waals surface area contributed by atoms with E-state index in [1.807, 2.05) is 26.0 Å². The molecule has 0 radical (unpaired) electrons. The third-order valence-corrected chi connectivity index (χ3v) is 3.32. The Balaban J connectivity index is 2.28. The summed E-state index contributed by atoms with van der Waals surface area (Å²) in [4.78, 5) is 0. The van der Waals surface area contributed by atoms with Crippen LogP contribution < -0.4 is 0 Å². The van der Waals surface area contributed by atoms with Gasteiger partial charge in [0.2, 0.25) is 0 Å². The van der Waals surface area contributed by atoms with Crippen LogP contribution in [0.15, 0.2) is 42.5 Å². The van der Waals surface area contributed by atoms with E-state index in [9.17, 15) is 9.65 Å². The Morgan fingerprint density at radius 1 is 1.11 bits per heavy atom. The molecule has 0 heterocycles. The summed E-state index contributed by atoms with van der Waals surface area (Å²) in [6.45, 7) is 4.04. The van der Waals surface area contributed by atoms with Crippen LogP contribution in [0.5, 0.6) is 0 Å². The molecule has 96 valence electrons. The SMILES string of the molecule is Cc1ccc(C)c(C(C#N)Cc2ccc(F)cc2)c1. The molecule has 1 nitrogen and oxygen atoms in total. The molecule has 1 unspecified atom stereocenters. The molecule has 0 aliphatic rings. The van der Waals surface area contributed by atoms with Crippen LogP contribution in [0.2, 0.25) is 0 Å². The van der Waals surface area contributed by atoms with Gasteiger partial charge in [-0.15, -0.1) is 0 Å². The van der Waals surface area contributed by atoms with Crippen LogP contribution in [-0.4, -0.2) is 0 Å². The van der Waals surface area contributed by atoms with Crippen molar-refractivity contribution in [2.45, 2.75) is 26.2 Å². The Hall–Kier alpha value is -2.14. The molecule has 0 saturated heterocycles. The zero-order chi connectivity index (χ0) is 13.8. The van der Waals surface area contributed by atoms with Crippen molar-refractivity contribution in [1.29, 1.82) is 5.26 Å². The normalized spacial score (nSPS) is 11.9. The second-order valence-electron chi connectivity index (χ2n) is 4.87. The highest BCUT2D eigenvalue weighted by molar-refractivity contribution is 5.37. The minimum Gasteiger partial charge on any atom is -0.207 e. The Bertz CT molecular complexity index is 608.